The normalized spacial score (nSPS) is 16.6. The number of halogens is 3. The van der Waals surface area contributed by atoms with Crippen molar-refractivity contribution in [1.29, 1.82) is 0 Å². The van der Waals surface area contributed by atoms with Crippen molar-refractivity contribution in [3.05, 3.63) is 58.3 Å². The van der Waals surface area contributed by atoms with Gasteiger partial charge in [0.15, 0.2) is 5.82 Å². The van der Waals surface area contributed by atoms with Crippen LogP contribution in [-0.2, 0) is 6.18 Å². The fraction of sp³-hybridized carbons (Fsp3) is 0.462. The largest absolute Gasteiger partial charge is 0.418 e. The Morgan fingerprint density at radius 1 is 1.06 bits per heavy atom. The Labute approximate surface area is 199 Å². The number of likely N-dealkylation sites (N-methyl/N-ethyl adjacent to an activating group) is 1. The number of anilines is 2. The third kappa shape index (κ3) is 4.19. The first-order chi connectivity index (χ1) is 15.8. The summed E-state index contributed by atoms with van der Waals surface area (Å²) in [4.78, 5) is 3.86. The molecule has 8 heteroatoms. The Balaban J connectivity index is 1.80. The Bertz CT molecular complexity index is 1230. The van der Waals surface area contributed by atoms with Crippen molar-refractivity contribution >= 4 is 22.3 Å². The molecule has 0 bridgehead atoms. The number of fused-ring (bicyclic) bond motifs is 1. The molecule has 1 aromatic heterocycles. The average Bonchev–Trinajstić information content (AvgIpc) is 2.73. The first-order valence-electron chi connectivity index (χ1n) is 11.4. The first-order valence-corrected chi connectivity index (χ1v) is 11.4. The van der Waals surface area contributed by atoms with Crippen LogP contribution in [0.1, 0.15) is 47.8 Å². The number of alkyl halides is 3. The van der Waals surface area contributed by atoms with Crippen LogP contribution in [0.3, 0.4) is 0 Å². The molecule has 1 saturated heterocycles. The minimum atomic E-state index is -4.47. The van der Waals surface area contributed by atoms with Crippen LogP contribution in [0.4, 0.5) is 24.7 Å². The van der Waals surface area contributed by atoms with Gasteiger partial charge in [0.1, 0.15) is 0 Å². The monoisotopic (exact) mass is 471 g/mol. The van der Waals surface area contributed by atoms with Gasteiger partial charge < -0.3 is 15.1 Å². The van der Waals surface area contributed by atoms with E-state index in [4.69, 9.17) is 0 Å². The van der Waals surface area contributed by atoms with Gasteiger partial charge in [-0.05, 0) is 77.5 Å². The zero-order valence-corrected chi connectivity index (χ0v) is 20.8. The zero-order valence-electron chi connectivity index (χ0n) is 20.8. The number of aromatic nitrogens is 2. The summed E-state index contributed by atoms with van der Waals surface area (Å²) in [6.45, 7) is 11.0. The van der Waals surface area contributed by atoms with E-state index in [0.717, 1.165) is 5.56 Å². The summed E-state index contributed by atoms with van der Waals surface area (Å²) in [7, 11) is 3.91. The number of benzene rings is 2. The molecular weight excluding hydrogens is 439 g/mol. The van der Waals surface area contributed by atoms with Crippen LogP contribution in [0, 0.1) is 20.8 Å². The topological polar surface area (TPSA) is 44.3 Å². The van der Waals surface area contributed by atoms with Crippen molar-refractivity contribution in [2.24, 2.45) is 0 Å². The Kier molecular flexibility index (Phi) is 6.00. The molecule has 0 unspecified atom stereocenters. The third-order valence-electron chi connectivity index (χ3n) is 7.34. The van der Waals surface area contributed by atoms with E-state index in [1.165, 1.54) is 17.2 Å². The number of aryl methyl sites for hydroxylation is 2. The Hall–Kier alpha value is -2.87. The smallest absolute Gasteiger partial charge is 0.367 e. The van der Waals surface area contributed by atoms with E-state index in [-0.39, 0.29) is 17.3 Å². The van der Waals surface area contributed by atoms with Gasteiger partial charge in [-0.25, -0.2) is 0 Å². The molecule has 0 amide bonds. The molecule has 4 rings (SSSR count). The summed E-state index contributed by atoms with van der Waals surface area (Å²) in [6.07, 6.45) is -4.47. The van der Waals surface area contributed by atoms with Gasteiger partial charge in [-0.15, -0.1) is 5.10 Å². The molecule has 1 N–H and O–H groups in total. The molecule has 0 radical (unpaired) electrons. The predicted octanol–water partition coefficient (Wildman–Crippen LogP) is 5.89. The maximum Gasteiger partial charge on any atom is 0.418 e. The minimum Gasteiger partial charge on any atom is -0.367 e. The molecule has 3 aromatic rings. The molecule has 2 heterocycles. The molecule has 5 nitrogen and oxygen atoms in total. The predicted molar refractivity (Wildman–Crippen MR) is 132 cm³/mol. The second-order valence-electron chi connectivity index (χ2n) is 9.95. The summed E-state index contributed by atoms with van der Waals surface area (Å²) < 4.78 is 42.3. The summed E-state index contributed by atoms with van der Waals surface area (Å²) in [6, 6.07) is 8.90. The highest BCUT2D eigenvalue weighted by Crippen LogP contribution is 2.44. The first kappa shape index (κ1) is 24.3. The maximum atomic E-state index is 14.1. The molecular formula is C26H32F3N5. The number of hydrogen-bond donors (Lipinski definition) is 1. The van der Waals surface area contributed by atoms with Crippen LogP contribution in [0.25, 0.3) is 10.8 Å². The fourth-order valence-electron chi connectivity index (χ4n) is 4.67. The standard InChI is InChI=1S/C26H32F3N5/c1-15-9-8-10-19(16(15)2)17(3)30-24-21-12-23(34-13-25(5,14-34)33(6)7)22(26(27,28)29)11-20(21)18(4)31-32-24/h8-12,17H,13-14H2,1-7H3,(H,30,32)/t17-/m1/s1. The van der Waals surface area contributed by atoms with E-state index >= 15 is 0 Å². The van der Waals surface area contributed by atoms with Crippen molar-refractivity contribution in [1.82, 2.24) is 15.1 Å². The van der Waals surface area contributed by atoms with Crippen molar-refractivity contribution in [3.63, 3.8) is 0 Å². The summed E-state index contributed by atoms with van der Waals surface area (Å²) >= 11 is 0. The SMILES string of the molecule is Cc1cccc([C@@H](C)Nc2nnc(C)c3cc(C(F)(F)F)c(N4CC(C)(N(C)C)C4)cc23)c1C. The molecule has 34 heavy (non-hydrogen) atoms. The highest BCUT2D eigenvalue weighted by Gasteiger charge is 2.44. The number of hydrogen-bond acceptors (Lipinski definition) is 5. The second kappa shape index (κ2) is 8.41. The molecule has 0 aliphatic carbocycles. The van der Waals surface area contributed by atoms with Crippen LogP contribution in [0.2, 0.25) is 0 Å². The highest BCUT2D eigenvalue weighted by molar-refractivity contribution is 5.97. The van der Waals surface area contributed by atoms with Gasteiger partial charge in [0.25, 0.3) is 0 Å². The minimum absolute atomic E-state index is 0.0908. The number of nitrogens with zero attached hydrogens (tertiary/aromatic N) is 4. The molecule has 1 aliphatic heterocycles. The van der Waals surface area contributed by atoms with Crippen molar-refractivity contribution < 1.29 is 13.2 Å². The van der Waals surface area contributed by atoms with E-state index in [2.05, 4.69) is 53.3 Å². The lowest BCUT2D eigenvalue weighted by atomic mass is 9.89. The van der Waals surface area contributed by atoms with Gasteiger partial charge in [-0.3, -0.25) is 0 Å². The number of rotatable bonds is 5. The fourth-order valence-corrected chi connectivity index (χ4v) is 4.67. The summed E-state index contributed by atoms with van der Waals surface area (Å²) in [5.41, 5.74) is 3.34. The van der Waals surface area contributed by atoms with E-state index in [1.54, 1.807) is 17.9 Å². The lowest BCUT2D eigenvalue weighted by molar-refractivity contribution is -0.137. The molecule has 0 saturated carbocycles. The molecule has 0 spiro atoms. The van der Waals surface area contributed by atoms with Gasteiger partial charge >= 0.3 is 6.18 Å². The molecule has 1 atom stereocenters. The summed E-state index contributed by atoms with van der Waals surface area (Å²) in [5, 5.41) is 13.0. The van der Waals surface area contributed by atoms with Crippen LogP contribution in [0.15, 0.2) is 30.3 Å². The molecule has 2 aromatic carbocycles. The average molecular weight is 472 g/mol. The van der Waals surface area contributed by atoms with Crippen LogP contribution in [-0.4, -0.2) is 47.8 Å². The van der Waals surface area contributed by atoms with Gasteiger partial charge in [0, 0.05) is 29.5 Å². The lowest BCUT2D eigenvalue weighted by Crippen LogP contribution is -2.67. The van der Waals surface area contributed by atoms with E-state index < -0.39 is 11.7 Å². The van der Waals surface area contributed by atoms with Gasteiger partial charge in [0.2, 0.25) is 0 Å². The van der Waals surface area contributed by atoms with Crippen LogP contribution < -0.4 is 10.2 Å². The van der Waals surface area contributed by atoms with Gasteiger partial charge in [-0.1, -0.05) is 18.2 Å². The Morgan fingerprint density at radius 2 is 1.74 bits per heavy atom. The Morgan fingerprint density at radius 3 is 2.35 bits per heavy atom. The van der Waals surface area contributed by atoms with Crippen molar-refractivity contribution in [2.45, 2.75) is 52.4 Å². The van der Waals surface area contributed by atoms with E-state index in [1.807, 2.05) is 27.1 Å². The molecule has 1 aliphatic rings. The van der Waals surface area contributed by atoms with Crippen LogP contribution in [0.5, 0.6) is 0 Å². The van der Waals surface area contributed by atoms with E-state index in [0.29, 0.717) is 35.4 Å². The van der Waals surface area contributed by atoms with Crippen LogP contribution >= 0.6 is 0 Å². The van der Waals surface area contributed by atoms with Crippen molar-refractivity contribution in [2.75, 3.05) is 37.4 Å². The third-order valence-corrected chi connectivity index (χ3v) is 7.34. The molecule has 1 fully saturated rings. The second-order valence-corrected chi connectivity index (χ2v) is 9.95. The van der Waals surface area contributed by atoms with E-state index in [9.17, 15) is 13.2 Å². The summed E-state index contributed by atoms with van der Waals surface area (Å²) in [5.74, 6) is 0.486. The number of nitrogens with one attached hydrogen (secondary N) is 1. The zero-order chi connectivity index (χ0) is 25.0. The lowest BCUT2D eigenvalue weighted by Gasteiger charge is -2.53. The van der Waals surface area contributed by atoms with Gasteiger partial charge in [-0.2, -0.15) is 18.3 Å². The molecule has 182 valence electrons. The van der Waals surface area contributed by atoms with Gasteiger partial charge in [0.05, 0.1) is 22.8 Å². The maximum absolute atomic E-state index is 14.1. The quantitative estimate of drug-likeness (QED) is 0.503. The highest BCUT2D eigenvalue weighted by atomic mass is 19.4. The van der Waals surface area contributed by atoms with Crippen molar-refractivity contribution in [3.8, 4) is 0 Å².